The number of rotatable bonds is 16. The summed E-state index contributed by atoms with van der Waals surface area (Å²) in [6, 6.07) is 7.41. The number of unbranched alkanes of at least 4 members (excludes halogenated alkanes) is 9. The van der Waals surface area contributed by atoms with Crippen molar-refractivity contribution in [1.29, 1.82) is 0 Å². The van der Waals surface area contributed by atoms with Crippen molar-refractivity contribution in [2.75, 3.05) is 26.4 Å². The molecule has 1 aromatic rings. The molecule has 4 heteroatoms. The van der Waals surface area contributed by atoms with E-state index in [1.54, 1.807) is 6.07 Å². The van der Waals surface area contributed by atoms with E-state index in [9.17, 15) is 5.11 Å². The summed E-state index contributed by atoms with van der Waals surface area (Å²) in [4.78, 5) is 0. The van der Waals surface area contributed by atoms with Gasteiger partial charge < -0.3 is 19.3 Å². The molecule has 2 heterocycles. The molecule has 0 spiro atoms. The van der Waals surface area contributed by atoms with Gasteiger partial charge in [0.05, 0.1) is 26.4 Å². The Labute approximate surface area is 189 Å². The molecule has 2 fully saturated rings. The molecule has 31 heavy (non-hydrogen) atoms. The second-order valence-corrected chi connectivity index (χ2v) is 8.41. The quantitative estimate of drug-likeness (QED) is 0.180. The zero-order chi connectivity index (χ0) is 22.0. The Morgan fingerprint density at radius 1 is 0.871 bits per heavy atom. The van der Waals surface area contributed by atoms with Crippen molar-refractivity contribution in [3.8, 4) is 5.75 Å². The molecule has 2 aliphatic rings. The number of benzene rings is 1. The van der Waals surface area contributed by atoms with Gasteiger partial charge in [0.1, 0.15) is 18.0 Å². The third-order valence-electron chi connectivity index (χ3n) is 5.35. The highest BCUT2D eigenvalue weighted by Crippen LogP contribution is 2.17. The summed E-state index contributed by atoms with van der Waals surface area (Å²) in [5.41, 5.74) is 0.871. The molecule has 0 amide bonds. The van der Waals surface area contributed by atoms with Gasteiger partial charge in [-0.25, -0.2) is 0 Å². The third-order valence-corrected chi connectivity index (χ3v) is 5.35. The zero-order valence-electron chi connectivity index (χ0n) is 19.3. The first-order chi connectivity index (χ1) is 15.3. The normalized spacial score (nSPS) is 19.5. The van der Waals surface area contributed by atoms with Gasteiger partial charge in [0.15, 0.2) is 0 Å². The van der Waals surface area contributed by atoms with E-state index in [-0.39, 0.29) is 0 Å². The van der Waals surface area contributed by atoms with E-state index in [4.69, 9.17) is 14.2 Å². The summed E-state index contributed by atoms with van der Waals surface area (Å²) in [6.07, 6.45) is 22.6. The molecule has 1 aromatic carbocycles. The fourth-order valence-corrected chi connectivity index (χ4v) is 3.19. The highest BCUT2D eigenvalue weighted by Gasteiger charge is 2.26. The van der Waals surface area contributed by atoms with Crippen LogP contribution in [0.2, 0.25) is 0 Å². The fraction of sp³-hybridized carbons (Fsp3) is 0.630. The van der Waals surface area contributed by atoms with Gasteiger partial charge in [0, 0.05) is 5.56 Å². The second-order valence-electron chi connectivity index (χ2n) is 8.41. The van der Waals surface area contributed by atoms with Crippen LogP contribution < -0.4 is 0 Å². The van der Waals surface area contributed by atoms with Crippen LogP contribution in [0.15, 0.2) is 42.5 Å². The Morgan fingerprint density at radius 3 is 2.03 bits per heavy atom. The third kappa shape index (κ3) is 14.9. The first-order valence-electron chi connectivity index (χ1n) is 12.2. The molecule has 4 nitrogen and oxygen atoms in total. The van der Waals surface area contributed by atoms with Crippen molar-refractivity contribution in [2.24, 2.45) is 0 Å². The average molecular weight is 431 g/mol. The number of allylic oxidation sites excluding steroid dienone is 3. The van der Waals surface area contributed by atoms with Gasteiger partial charge in [-0.3, -0.25) is 0 Å². The molecule has 2 atom stereocenters. The maximum atomic E-state index is 9.63. The molecule has 2 aliphatic heterocycles. The smallest absolute Gasteiger partial charge is 0.122 e. The molecule has 2 unspecified atom stereocenters. The minimum absolute atomic E-state index is 0.339. The van der Waals surface area contributed by atoms with Gasteiger partial charge in [-0.05, 0) is 18.9 Å². The lowest BCUT2D eigenvalue weighted by molar-refractivity contribution is 0.102. The lowest BCUT2D eigenvalue weighted by Crippen LogP contribution is -2.06. The number of aromatic hydroxyl groups is 1. The number of para-hydroxylation sites is 1. The van der Waals surface area contributed by atoms with Crippen LogP contribution >= 0.6 is 0 Å². The predicted octanol–water partition coefficient (Wildman–Crippen LogP) is 6.68. The van der Waals surface area contributed by atoms with E-state index >= 15 is 0 Å². The Balaban J connectivity index is 0.000000309. The Bertz CT molecular complexity index is 605. The van der Waals surface area contributed by atoms with Gasteiger partial charge in [-0.1, -0.05) is 101 Å². The summed E-state index contributed by atoms with van der Waals surface area (Å²) in [5.74, 6) is 0.339. The van der Waals surface area contributed by atoms with E-state index in [0.29, 0.717) is 18.0 Å². The standard InChI is InChI=1S/C21H32O.C6H10O3/c1-2-3-4-5-6-7-8-9-10-11-12-13-14-17-20-18-15-16-19-21(20)22;1(5-3-8-5)7-2-6-4-9-6/h12-19,22H,2-11H2,1H3;5-6H,1-4H2. The zero-order valence-corrected chi connectivity index (χ0v) is 19.3. The molecule has 2 saturated heterocycles. The van der Waals surface area contributed by atoms with E-state index in [1.165, 1.54) is 57.8 Å². The Hall–Kier alpha value is -1.62. The highest BCUT2D eigenvalue weighted by atomic mass is 16.6. The number of epoxide rings is 2. The first-order valence-corrected chi connectivity index (χ1v) is 12.2. The van der Waals surface area contributed by atoms with E-state index in [0.717, 1.165) is 38.4 Å². The highest BCUT2D eigenvalue weighted by molar-refractivity contribution is 5.57. The molecule has 0 aliphatic carbocycles. The van der Waals surface area contributed by atoms with E-state index in [2.05, 4.69) is 19.1 Å². The molecule has 0 aromatic heterocycles. The number of phenols is 1. The SMILES string of the molecule is C(OCC1CO1)C1CO1.CCCCCCCCCCCC=CC=Cc1ccccc1O. The van der Waals surface area contributed by atoms with Crippen LogP contribution in [0.3, 0.4) is 0 Å². The molecule has 1 N–H and O–H groups in total. The summed E-state index contributed by atoms with van der Waals surface area (Å²) >= 11 is 0. The average Bonchev–Trinajstić information content (AvgIpc) is 3.69. The van der Waals surface area contributed by atoms with Crippen LogP contribution in [0.1, 0.15) is 76.7 Å². The van der Waals surface area contributed by atoms with Crippen LogP contribution in [-0.2, 0) is 14.2 Å². The lowest BCUT2D eigenvalue weighted by atomic mass is 10.1. The minimum atomic E-state index is 0.339. The van der Waals surface area contributed by atoms with Gasteiger partial charge in [0.2, 0.25) is 0 Å². The van der Waals surface area contributed by atoms with Crippen molar-refractivity contribution >= 4 is 6.08 Å². The Kier molecular flexibility index (Phi) is 14.1. The Morgan fingerprint density at radius 2 is 1.45 bits per heavy atom. The molecular weight excluding hydrogens is 388 g/mol. The second kappa shape index (κ2) is 17.0. The van der Waals surface area contributed by atoms with Crippen LogP contribution in [0.5, 0.6) is 5.75 Å². The number of hydrogen-bond acceptors (Lipinski definition) is 4. The van der Waals surface area contributed by atoms with Crippen molar-refractivity contribution in [3.63, 3.8) is 0 Å². The summed E-state index contributed by atoms with van der Waals surface area (Å²) in [7, 11) is 0. The van der Waals surface area contributed by atoms with Crippen LogP contribution in [0.4, 0.5) is 0 Å². The summed E-state index contributed by atoms with van der Waals surface area (Å²) < 4.78 is 15.1. The lowest BCUT2D eigenvalue weighted by Gasteiger charge is -2.00. The van der Waals surface area contributed by atoms with Gasteiger partial charge in [-0.15, -0.1) is 0 Å². The number of hydrogen-bond donors (Lipinski definition) is 1. The van der Waals surface area contributed by atoms with Crippen molar-refractivity contribution in [3.05, 3.63) is 48.1 Å². The van der Waals surface area contributed by atoms with Gasteiger partial charge >= 0.3 is 0 Å². The molecule has 3 rings (SSSR count). The van der Waals surface area contributed by atoms with Crippen LogP contribution in [-0.4, -0.2) is 43.7 Å². The monoisotopic (exact) mass is 430 g/mol. The minimum Gasteiger partial charge on any atom is -0.507 e. The van der Waals surface area contributed by atoms with Crippen LogP contribution in [0.25, 0.3) is 6.08 Å². The van der Waals surface area contributed by atoms with Crippen LogP contribution in [0, 0.1) is 0 Å². The molecule has 0 radical (unpaired) electrons. The van der Waals surface area contributed by atoms with Crippen molar-refractivity contribution < 1.29 is 19.3 Å². The maximum Gasteiger partial charge on any atom is 0.122 e. The summed E-state index contributed by atoms with van der Waals surface area (Å²) in [6.45, 7) is 5.53. The first kappa shape index (κ1) is 25.6. The number of ether oxygens (including phenoxy) is 3. The van der Waals surface area contributed by atoms with Crippen molar-refractivity contribution in [2.45, 2.75) is 83.3 Å². The number of phenolic OH excluding ortho intramolecular Hbond substituents is 1. The van der Waals surface area contributed by atoms with E-state index in [1.807, 2.05) is 30.4 Å². The largest absolute Gasteiger partial charge is 0.507 e. The molecule has 174 valence electrons. The van der Waals surface area contributed by atoms with Gasteiger partial charge in [0.25, 0.3) is 0 Å². The fourth-order valence-electron chi connectivity index (χ4n) is 3.19. The maximum absolute atomic E-state index is 9.63. The predicted molar refractivity (Wildman–Crippen MR) is 128 cm³/mol. The molecular formula is C27H42O4. The van der Waals surface area contributed by atoms with E-state index < -0.39 is 0 Å². The van der Waals surface area contributed by atoms with Gasteiger partial charge in [-0.2, -0.15) is 0 Å². The molecule has 0 saturated carbocycles. The topological polar surface area (TPSA) is 54.5 Å². The van der Waals surface area contributed by atoms with Crippen molar-refractivity contribution in [1.82, 2.24) is 0 Å². The summed E-state index contributed by atoms with van der Waals surface area (Å²) in [5, 5.41) is 9.63. The molecule has 0 bridgehead atoms.